The Hall–Kier alpha value is -3.14. The lowest BCUT2D eigenvalue weighted by molar-refractivity contribution is 0.0346. The molecule has 4 heterocycles. The molecule has 8 nitrogen and oxygen atoms in total. The summed E-state index contributed by atoms with van der Waals surface area (Å²) < 4.78 is 33.3. The van der Waals surface area contributed by atoms with Crippen molar-refractivity contribution >= 4 is 28.1 Å². The van der Waals surface area contributed by atoms with Gasteiger partial charge in [-0.3, -0.25) is 0 Å². The van der Waals surface area contributed by atoms with Crippen LogP contribution in [0.15, 0.2) is 24.5 Å². The van der Waals surface area contributed by atoms with E-state index >= 15 is 0 Å². The molecule has 5 rings (SSSR count). The molecule has 174 valence electrons. The Bertz CT molecular complexity index is 1260. The third-order valence-electron chi connectivity index (χ3n) is 6.22. The van der Waals surface area contributed by atoms with Gasteiger partial charge < -0.3 is 19.6 Å². The van der Waals surface area contributed by atoms with E-state index < -0.39 is 13.0 Å². The third-order valence-corrected chi connectivity index (χ3v) is 6.22. The van der Waals surface area contributed by atoms with Crippen LogP contribution in [-0.2, 0) is 11.3 Å². The number of nitrogens with one attached hydrogen (secondary N) is 2. The van der Waals surface area contributed by atoms with Gasteiger partial charge in [0.1, 0.15) is 17.0 Å². The number of imidazole rings is 1. The van der Waals surface area contributed by atoms with Gasteiger partial charge in [-0.05, 0) is 51.7 Å². The summed E-state index contributed by atoms with van der Waals surface area (Å²) >= 11 is 0. The number of pyridine rings is 1. The molecule has 2 N–H and O–H groups in total. The summed E-state index contributed by atoms with van der Waals surface area (Å²) in [5.41, 5.74) is 3.21. The van der Waals surface area contributed by atoms with Gasteiger partial charge in [-0.2, -0.15) is 4.98 Å². The number of nitrogens with zero attached hydrogens (tertiary/aromatic N) is 5. The fourth-order valence-electron chi connectivity index (χ4n) is 4.60. The van der Waals surface area contributed by atoms with E-state index in [-0.39, 0.29) is 0 Å². The third kappa shape index (κ3) is 4.39. The van der Waals surface area contributed by atoms with Crippen molar-refractivity contribution in [3.05, 3.63) is 30.4 Å². The van der Waals surface area contributed by atoms with Gasteiger partial charge in [0.05, 0.1) is 18.3 Å². The molecule has 4 aromatic heterocycles. The number of aryl methyl sites for hydroxylation is 1. The highest BCUT2D eigenvalue weighted by atomic mass is 19.3. The average molecular weight is 456 g/mol. The molecule has 0 radical (unpaired) electrons. The van der Waals surface area contributed by atoms with Crippen LogP contribution in [0.5, 0.6) is 0 Å². The summed E-state index contributed by atoms with van der Waals surface area (Å²) in [4.78, 5) is 21.4. The first-order valence-electron chi connectivity index (χ1n) is 11.4. The molecule has 1 saturated carbocycles. The number of ether oxygens (including phenoxy) is 1. The highest BCUT2D eigenvalue weighted by molar-refractivity contribution is 5.93. The van der Waals surface area contributed by atoms with Crippen molar-refractivity contribution in [3.8, 4) is 11.3 Å². The molecule has 0 unspecified atom stereocenters. The van der Waals surface area contributed by atoms with E-state index in [4.69, 9.17) is 4.74 Å². The zero-order chi connectivity index (χ0) is 22.9. The number of hydrogen-bond acceptors (Lipinski definition) is 6. The van der Waals surface area contributed by atoms with Crippen LogP contribution in [-0.4, -0.2) is 54.7 Å². The number of H-pyrrole nitrogens is 1. The molecular formula is C23H27F2N7O. The van der Waals surface area contributed by atoms with Crippen molar-refractivity contribution in [1.82, 2.24) is 29.5 Å². The number of halogens is 2. The summed E-state index contributed by atoms with van der Waals surface area (Å²) in [5, 5.41) is 4.26. The van der Waals surface area contributed by atoms with Crippen LogP contribution in [0.1, 0.15) is 38.4 Å². The van der Waals surface area contributed by atoms with Gasteiger partial charge in [-0.1, -0.05) is 0 Å². The number of rotatable bonds is 7. The van der Waals surface area contributed by atoms with E-state index in [1.807, 2.05) is 19.2 Å². The Kier molecular flexibility index (Phi) is 5.92. The van der Waals surface area contributed by atoms with E-state index in [0.717, 1.165) is 43.2 Å². The maximum atomic E-state index is 13.0. The van der Waals surface area contributed by atoms with E-state index in [1.54, 1.807) is 19.2 Å². The molecule has 0 saturated heterocycles. The van der Waals surface area contributed by atoms with Crippen LogP contribution in [0.25, 0.3) is 33.5 Å². The van der Waals surface area contributed by atoms with Crippen LogP contribution < -0.4 is 5.32 Å². The number of anilines is 1. The predicted molar refractivity (Wildman–Crippen MR) is 122 cm³/mol. The van der Waals surface area contributed by atoms with E-state index in [1.165, 1.54) is 4.57 Å². The molecule has 0 atom stereocenters. The minimum absolute atomic E-state index is 0.330. The van der Waals surface area contributed by atoms with Crippen molar-refractivity contribution in [2.24, 2.45) is 0 Å². The molecule has 1 fully saturated rings. The van der Waals surface area contributed by atoms with Gasteiger partial charge in [0.15, 0.2) is 5.65 Å². The van der Waals surface area contributed by atoms with Crippen LogP contribution in [0.2, 0.25) is 0 Å². The first kappa shape index (κ1) is 21.7. The van der Waals surface area contributed by atoms with E-state index in [9.17, 15) is 8.78 Å². The van der Waals surface area contributed by atoms with Gasteiger partial charge in [0, 0.05) is 36.0 Å². The Morgan fingerprint density at radius 2 is 2.00 bits per heavy atom. The SMILES string of the molecule is CCOC1CCC(Nc2ncc3c(-c4ccc5nc(C)n(CC(F)F)c5n4)c[nH]c3n2)CC1. The topological polar surface area (TPSA) is 93.5 Å². The van der Waals surface area contributed by atoms with Crippen molar-refractivity contribution in [1.29, 1.82) is 0 Å². The maximum Gasteiger partial charge on any atom is 0.256 e. The van der Waals surface area contributed by atoms with Crippen LogP contribution in [0.4, 0.5) is 14.7 Å². The number of alkyl halides is 2. The monoisotopic (exact) mass is 455 g/mol. The first-order chi connectivity index (χ1) is 16.0. The van der Waals surface area contributed by atoms with Gasteiger partial charge in [0.2, 0.25) is 5.95 Å². The summed E-state index contributed by atoms with van der Waals surface area (Å²) in [5.74, 6) is 1.10. The Morgan fingerprint density at radius 3 is 2.76 bits per heavy atom. The second-order valence-corrected chi connectivity index (χ2v) is 8.43. The number of aromatic amines is 1. The average Bonchev–Trinajstić information content (AvgIpc) is 3.35. The summed E-state index contributed by atoms with van der Waals surface area (Å²) in [6.07, 6.45) is 5.60. The molecule has 33 heavy (non-hydrogen) atoms. The van der Waals surface area contributed by atoms with Crippen LogP contribution >= 0.6 is 0 Å². The van der Waals surface area contributed by atoms with Gasteiger partial charge in [0.25, 0.3) is 6.43 Å². The molecule has 1 aliphatic carbocycles. The summed E-state index contributed by atoms with van der Waals surface area (Å²) in [6, 6.07) is 3.98. The summed E-state index contributed by atoms with van der Waals surface area (Å²) in [7, 11) is 0. The van der Waals surface area contributed by atoms with Crippen molar-refractivity contribution in [2.75, 3.05) is 11.9 Å². The lowest BCUT2D eigenvalue weighted by Crippen LogP contribution is -2.30. The highest BCUT2D eigenvalue weighted by Crippen LogP contribution is 2.29. The molecule has 0 aliphatic heterocycles. The molecule has 10 heteroatoms. The van der Waals surface area contributed by atoms with Crippen LogP contribution in [0.3, 0.4) is 0 Å². The molecule has 0 bridgehead atoms. The van der Waals surface area contributed by atoms with E-state index in [0.29, 0.717) is 46.4 Å². The standard InChI is InChI=1S/C23H27F2N7O/c1-3-33-15-6-4-14(5-7-15)29-23-27-11-17-16(10-26-21(17)31-23)18-8-9-19-22(30-18)32(12-20(24)25)13(2)28-19/h8-11,14-15,20H,3-7,12H2,1-2H3,(H2,26,27,29,31). The Balaban J connectivity index is 1.38. The minimum atomic E-state index is -2.48. The van der Waals surface area contributed by atoms with Gasteiger partial charge in [-0.25, -0.2) is 23.7 Å². The van der Waals surface area contributed by atoms with Crippen molar-refractivity contribution in [2.45, 2.75) is 64.6 Å². The van der Waals surface area contributed by atoms with Gasteiger partial charge >= 0.3 is 0 Å². The lowest BCUT2D eigenvalue weighted by Gasteiger charge is -2.28. The fraction of sp³-hybridized carbons (Fsp3) is 0.478. The highest BCUT2D eigenvalue weighted by Gasteiger charge is 2.22. The molecule has 0 spiro atoms. The summed E-state index contributed by atoms with van der Waals surface area (Å²) in [6.45, 7) is 4.07. The molecule has 0 amide bonds. The van der Waals surface area contributed by atoms with Gasteiger partial charge in [-0.15, -0.1) is 0 Å². The number of fused-ring (bicyclic) bond motifs is 2. The molecule has 0 aromatic carbocycles. The number of aromatic nitrogens is 6. The second-order valence-electron chi connectivity index (χ2n) is 8.43. The predicted octanol–water partition coefficient (Wildman–Crippen LogP) is 4.70. The van der Waals surface area contributed by atoms with E-state index in [2.05, 4.69) is 30.2 Å². The zero-order valence-corrected chi connectivity index (χ0v) is 18.7. The zero-order valence-electron chi connectivity index (χ0n) is 18.7. The number of hydrogen-bond donors (Lipinski definition) is 2. The Labute approximate surface area is 189 Å². The molecule has 1 aliphatic rings. The molecular weight excluding hydrogens is 428 g/mol. The first-order valence-corrected chi connectivity index (χ1v) is 11.4. The van der Waals surface area contributed by atoms with Crippen molar-refractivity contribution < 1.29 is 13.5 Å². The smallest absolute Gasteiger partial charge is 0.256 e. The quantitative estimate of drug-likeness (QED) is 0.420. The maximum absolute atomic E-state index is 13.0. The van der Waals surface area contributed by atoms with Crippen LogP contribution in [0, 0.1) is 6.92 Å². The Morgan fingerprint density at radius 1 is 1.18 bits per heavy atom. The minimum Gasteiger partial charge on any atom is -0.379 e. The molecule has 4 aromatic rings. The lowest BCUT2D eigenvalue weighted by atomic mass is 9.93. The van der Waals surface area contributed by atoms with Crippen molar-refractivity contribution in [3.63, 3.8) is 0 Å². The second kappa shape index (κ2) is 9.01. The largest absolute Gasteiger partial charge is 0.379 e. The normalized spacial score (nSPS) is 19.1. The fourth-order valence-corrected chi connectivity index (χ4v) is 4.60.